The van der Waals surface area contributed by atoms with Crippen LogP contribution in [0.15, 0.2) is 0 Å². The Morgan fingerprint density at radius 2 is 2.12 bits per heavy atom. The van der Waals surface area contributed by atoms with Crippen molar-refractivity contribution < 1.29 is 4.79 Å². The summed E-state index contributed by atoms with van der Waals surface area (Å²) in [6.07, 6.45) is 5.96. The fourth-order valence-electron chi connectivity index (χ4n) is 2.74. The summed E-state index contributed by atoms with van der Waals surface area (Å²) >= 11 is 0. The van der Waals surface area contributed by atoms with Gasteiger partial charge >= 0.3 is 0 Å². The van der Waals surface area contributed by atoms with Crippen molar-refractivity contribution in [3.63, 3.8) is 0 Å². The molecule has 0 spiro atoms. The van der Waals surface area contributed by atoms with E-state index in [4.69, 9.17) is 0 Å². The van der Waals surface area contributed by atoms with Gasteiger partial charge < -0.3 is 15.5 Å². The molecule has 2 aliphatic heterocycles. The molecule has 2 saturated heterocycles. The summed E-state index contributed by atoms with van der Waals surface area (Å²) in [5.41, 5.74) is 0. The minimum Gasteiger partial charge on any atom is -0.356 e. The fraction of sp³-hybridized carbons (Fsp3) is 0.923. The SMILES string of the molecule is O=C(NCCCN1CCCC1)[C@H]1CCCNC1. The number of carbonyl (C=O) groups excluding carboxylic acids is 1. The quantitative estimate of drug-likeness (QED) is 0.690. The molecule has 2 aliphatic rings. The standard InChI is InChI=1S/C13H25N3O/c17-13(12-5-3-6-14-11-12)15-7-4-10-16-8-1-2-9-16/h12,14H,1-11H2,(H,15,17)/t12-/m0/s1. The Balaban J connectivity index is 1.53. The van der Waals surface area contributed by atoms with E-state index in [9.17, 15) is 4.79 Å². The monoisotopic (exact) mass is 239 g/mol. The van der Waals surface area contributed by atoms with E-state index >= 15 is 0 Å². The third kappa shape index (κ3) is 4.28. The van der Waals surface area contributed by atoms with Crippen molar-refractivity contribution in [3.8, 4) is 0 Å². The van der Waals surface area contributed by atoms with E-state index in [1.807, 2.05) is 0 Å². The number of piperidine rings is 1. The summed E-state index contributed by atoms with van der Waals surface area (Å²) in [6.45, 7) is 6.41. The largest absolute Gasteiger partial charge is 0.356 e. The second kappa shape index (κ2) is 6.97. The van der Waals surface area contributed by atoms with Crippen LogP contribution >= 0.6 is 0 Å². The van der Waals surface area contributed by atoms with Gasteiger partial charge in [0, 0.05) is 13.1 Å². The number of hydrogen-bond donors (Lipinski definition) is 2. The molecule has 2 heterocycles. The highest BCUT2D eigenvalue weighted by Crippen LogP contribution is 2.10. The third-order valence-electron chi connectivity index (χ3n) is 3.82. The average Bonchev–Trinajstić information content (AvgIpc) is 2.88. The number of nitrogens with zero attached hydrogens (tertiary/aromatic N) is 1. The Morgan fingerprint density at radius 3 is 2.82 bits per heavy atom. The molecule has 2 fully saturated rings. The first kappa shape index (κ1) is 12.8. The zero-order valence-corrected chi connectivity index (χ0v) is 10.7. The lowest BCUT2D eigenvalue weighted by molar-refractivity contribution is -0.125. The molecule has 17 heavy (non-hydrogen) atoms. The van der Waals surface area contributed by atoms with Gasteiger partial charge in [-0.15, -0.1) is 0 Å². The molecule has 0 saturated carbocycles. The molecule has 1 atom stereocenters. The Hall–Kier alpha value is -0.610. The summed E-state index contributed by atoms with van der Waals surface area (Å²) in [7, 11) is 0. The zero-order valence-electron chi connectivity index (χ0n) is 10.7. The predicted octanol–water partition coefficient (Wildman–Crippen LogP) is 0.588. The van der Waals surface area contributed by atoms with Gasteiger partial charge in [0.25, 0.3) is 0 Å². The van der Waals surface area contributed by atoms with Crippen molar-refractivity contribution >= 4 is 5.91 Å². The van der Waals surface area contributed by atoms with Crippen LogP contribution in [0.2, 0.25) is 0 Å². The summed E-state index contributed by atoms with van der Waals surface area (Å²) in [5, 5.41) is 6.35. The fourth-order valence-corrected chi connectivity index (χ4v) is 2.74. The second-order valence-electron chi connectivity index (χ2n) is 5.24. The Morgan fingerprint density at radius 1 is 1.29 bits per heavy atom. The topological polar surface area (TPSA) is 44.4 Å². The van der Waals surface area contributed by atoms with Gasteiger partial charge in [0.2, 0.25) is 5.91 Å². The highest BCUT2D eigenvalue weighted by molar-refractivity contribution is 5.78. The molecule has 98 valence electrons. The van der Waals surface area contributed by atoms with E-state index in [0.29, 0.717) is 0 Å². The first-order valence-electron chi connectivity index (χ1n) is 7.07. The maximum absolute atomic E-state index is 11.8. The van der Waals surface area contributed by atoms with Crippen molar-refractivity contribution in [1.82, 2.24) is 15.5 Å². The molecule has 0 bridgehead atoms. The van der Waals surface area contributed by atoms with E-state index < -0.39 is 0 Å². The van der Waals surface area contributed by atoms with Gasteiger partial charge in [0.15, 0.2) is 0 Å². The normalized spacial score (nSPS) is 26.0. The first-order valence-corrected chi connectivity index (χ1v) is 7.07. The number of rotatable bonds is 5. The van der Waals surface area contributed by atoms with Crippen LogP contribution in [0.3, 0.4) is 0 Å². The molecule has 4 nitrogen and oxygen atoms in total. The molecule has 0 aromatic carbocycles. The molecule has 2 N–H and O–H groups in total. The minimum atomic E-state index is 0.204. The van der Waals surface area contributed by atoms with Crippen LogP contribution in [0.5, 0.6) is 0 Å². The lowest BCUT2D eigenvalue weighted by Crippen LogP contribution is -2.41. The summed E-state index contributed by atoms with van der Waals surface area (Å²) in [4.78, 5) is 14.3. The molecule has 0 aromatic heterocycles. The van der Waals surface area contributed by atoms with Crippen molar-refractivity contribution in [2.24, 2.45) is 5.92 Å². The van der Waals surface area contributed by atoms with Crippen LogP contribution < -0.4 is 10.6 Å². The molecular formula is C13H25N3O. The van der Waals surface area contributed by atoms with E-state index in [2.05, 4.69) is 15.5 Å². The van der Waals surface area contributed by atoms with Gasteiger partial charge in [-0.2, -0.15) is 0 Å². The molecule has 0 radical (unpaired) electrons. The van der Waals surface area contributed by atoms with Crippen LogP contribution in [0.25, 0.3) is 0 Å². The molecule has 4 heteroatoms. The van der Waals surface area contributed by atoms with Crippen LogP contribution in [-0.2, 0) is 4.79 Å². The number of nitrogens with one attached hydrogen (secondary N) is 2. The van der Waals surface area contributed by atoms with Gasteiger partial charge in [-0.3, -0.25) is 4.79 Å². The molecule has 0 unspecified atom stereocenters. The van der Waals surface area contributed by atoms with Crippen molar-refractivity contribution in [1.29, 1.82) is 0 Å². The molecule has 0 aromatic rings. The highest BCUT2D eigenvalue weighted by atomic mass is 16.1. The van der Waals surface area contributed by atoms with Gasteiger partial charge in [0.05, 0.1) is 5.92 Å². The van der Waals surface area contributed by atoms with Gasteiger partial charge in [0.1, 0.15) is 0 Å². The van der Waals surface area contributed by atoms with Crippen LogP contribution in [0.1, 0.15) is 32.1 Å². The second-order valence-corrected chi connectivity index (χ2v) is 5.24. The van der Waals surface area contributed by atoms with E-state index in [1.54, 1.807) is 0 Å². The summed E-state index contributed by atoms with van der Waals surface area (Å²) < 4.78 is 0. The molecule has 2 rings (SSSR count). The van der Waals surface area contributed by atoms with Gasteiger partial charge in [-0.05, 0) is 58.3 Å². The Labute approximate surface area is 104 Å². The number of likely N-dealkylation sites (tertiary alicyclic amines) is 1. The van der Waals surface area contributed by atoms with E-state index in [1.165, 1.54) is 25.9 Å². The molecule has 1 amide bonds. The number of hydrogen-bond acceptors (Lipinski definition) is 3. The highest BCUT2D eigenvalue weighted by Gasteiger charge is 2.20. The summed E-state index contributed by atoms with van der Waals surface area (Å²) in [5.74, 6) is 0.453. The van der Waals surface area contributed by atoms with Crippen LogP contribution in [0.4, 0.5) is 0 Å². The van der Waals surface area contributed by atoms with Crippen molar-refractivity contribution in [2.75, 3.05) is 39.3 Å². The van der Waals surface area contributed by atoms with E-state index in [-0.39, 0.29) is 11.8 Å². The number of carbonyl (C=O) groups is 1. The van der Waals surface area contributed by atoms with Crippen molar-refractivity contribution in [2.45, 2.75) is 32.1 Å². The van der Waals surface area contributed by atoms with E-state index in [0.717, 1.165) is 45.4 Å². The average molecular weight is 239 g/mol. The minimum absolute atomic E-state index is 0.204. The lowest BCUT2D eigenvalue weighted by atomic mass is 9.99. The lowest BCUT2D eigenvalue weighted by Gasteiger charge is -2.22. The number of amides is 1. The molecular weight excluding hydrogens is 214 g/mol. The van der Waals surface area contributed by atoms with Crippen LogP contribution in [0, 0.1) is 5.92 Å². The van der Waals surface area contributed by atoms with Gasteiger partial charge in [-0.1, -0.05) is 0 Å². The maximum atomic E-state index is 11.8. The smallest absolute Gasteiger partial charge is 0.224 e. The predicted molar refractivity (Wildman–Crippen MR) is 68.9 cm³/mol. The Kier molecular flexibility index (Phi) is 5.26. The van der Waals surface area contributed by atoms with Crippen molar-refractivity contribution in [3.05, 3.63) is 0 Å². The zero-order chi connectivity index (χ0) is 11.9. The summed E-state index contributed by atoms with van der Waals surface area (Å²) in [6, 6.07) is 0. The maximum Gasteiger partial charge on any atom is 0.224 e. The van der Waals surface area contributed by atoms with Gasteiger partial charge in [-0.25, -0.2) is 0 Å². The van der Waals surface area contributed by atoms with Crippen LogP contribution in [-0.4, -0.2) is 50.1 Å². The third-order valence-corrected chi connectivity index (χ3v) is 3.82. The molecule has 0 aliphatic carbocycles. The Bertz CT molecular complexity index is 233. The first-order chi connectivity index (χ1) is 8.36.